The number of rotatable bonds is 3. The number of nitrogens with zero attached hydrogens (tertiary/aromatic N) is 3. The molecule has 0 fully saturated rings. The highest BCUT2D eigenvalue weighted by Gasteiger charge is 2.07. The Morgan fingerprint density at radius 3 is 2.93 bits per heavy atom. The van der Waals surface area contributed by atoms with Crippen molar-refractivity contribution >= 4 is 11.7 Å². The Bertz CT molecular complexity index is 423. The fourth-order valence-electron chi connectivity index (χ4n) is 1.11. The Morgan fingerprint density at radius 2 is 2.33 bits per heavy atom. The van der Waals surface area contributed by atoms with Gasteiger partial charge in [0.15, 0.2) is 0 Å². The molecular weight excluding hydrogens is 194 g/mol. The highest BCUT2D eigenvalue weighted by atomic mass is 16.5. The van der Waals surface area contributed by atoms with E-state index in [0.717, 1.165) is 5.56 Å². The number of ether oxygens (including phenoxy) is 1. The molecule has 1 rings (SSSR count). The van der Waals surface area contributed by atoms with Crippen molar-refractivity contribution in [2.24, 2.45) is 5.11 Å². The molecule has 0 radical (unpaired) electrons. The number of aryl methyl sites for hydroxylation is 1. The summed E-state index contributed by atoms with van der Waals surface area (Å²) in [5.41, 5.74) is 9.98. The van der Waals surface area contributed by atoms with Gasteiger partial charge in [-0.1, -0.05) is 11.2 Å². The number of esters is 1. The lowest BCUT2D eigenvalue weighted by atomic mass is 10.1. The van der Waals surface area contributed by atoms with E-state index in [9.17, 15) is 4.79 Å². The number of benzene rings is 1. The molecule has 0 aliphatic heterocycles. The maximum absolute atomic E-state index is 11.4. The van der Waals surface area contributed by atoms with E-state index in [2.05, 4.69) is 10.0 Å². The van der Waals surface area contributed by atoms with E-state index in [-0.39, 0.29) is 0 Å². The zero-order chi connectivity index (χ0) is 11.3. The molecule has 0 N–H and O–H groups in total. The van der Waals surface area contributed by atoms with Crippen LogP contribution in [0.4, 0.5) is 5.69 Å². The number of carbonyl (C=O) groups excluding carboxylic acids is 1. The first kappa shape index (κ1) is 11.1. The minimum absolute atomic E-state index is 0.323. The number of hydrogen-bond acceptors (Lipinski definition) is 3. The molecule has 0 heterocycles. The fraction of sp³-hybridized carbons (Fsp3) is 0.300. The lowest BCUT2D eigenvalue weighted by molar-refractivity contribution is 0.0526. The Balaban J connectivity index is 3.07. The van der Waals surface area contributed by atoms with Crippen molar-refractivity contribution in [3.05, 3.63) is 39.8 Å². The third-order valence-electron chi connectivity index (χ3n) is 1.87. The van der Waals surface area contributed by atoms with Gasteiger partial charge in [0.2, 0.25) is 0 Å². The van der Waals surface area contributed by atoms with Crippen molar-refractivity contribution < 1.29 is 9.53 Å². The maximum atomic E-state index is 11.4. The van der Waals surface area contributed by atoms with Crippen molar-refractivity contribution in [2.45, 2.75) is 13.8 Å². The highest BCUT2D eigenvalue weighted by Crippen LogP contribution is 2.20. The summed E-state index contributed by atoms with van der Waals surface area (Å²) >= 11 is 0. The molecule has 0 saturated heterocycles. The van der Waals surface area contributed by atoms with Gasteiger partial charge in [0.1, 0.15) is 0 Å². The zero-order valence-electron chi connectivity index (χ0n) is 8.60. The summed E-state index contributed by atoms with van der Waals surface area (Å²) in [4.78, 5) is 14.0. The molecular formula is C10H11N3O2. The minimum Gasteiger partial charge on any atom is -0.462 e. The van der Waals surface area contributed by atoms with Gasteiger partial charge < -0.3 is 4.74 Å². The second kappa shape index (κ2) is 5.02. The molecule has 5 heteroatoms. The van der Waals surface area contributed by atoms with Crippen LogP contribution in [0.5, 0.6) is 0 Å². The van der Waals surface area contributed by atoms with Crippen molar-refractivity contribution in [3.8, 4) is 0 Å². The van der Waals surface area contributed by atoms with Gasteiger partial charge in [0.25, 0.3) is 0 Å². The molecule has 0 saturated carbocycles. The molecule has 0 spiro atoms. The van der Waals surface area contributed by atoms with Crippen LogP contribution in [0.3, 0.4) is 0 Å². The molecule has 0 unspecified atom stereocenters. The van der Waals surface area contributed by atoms with Crippen LogP contribution in [0.2, 0.25) is 0 Å². The van der Waals surface area contributed by atoms with Crippen LogP contribution >= 0.6 is 0 Å². The van der Waals surface area contributed by atoms with E-state index in [1.807, 2.05) is 0 Å². The number of carbonyl (C=O) groups is 1. The van der Waals surface area contributed by atoms with Gasteiger partial charge in [-0.25, -0.2) is 4.79 Å². The molecule has 0 atom stereocenters. The molecule has 0 aliphatic rings. The predicted molar refractivity (Wildman–Crippen MR) is 55.9 cm³/mol. The first-order chi connectivity index (χ1) is 7.19. The van der Waals surface area contributed by atoms with Crippen molar-refractivity contribution in [2.75, 3.05) is 6.61 Å². The minimum atomic E-state index is -0.410. The van der Waals surface area contributed by atoms with Gasteiger partial charge in [-0.3, -0.25) is 0 Å². The van der Waals surface area contributed by atoms with Crippen molar-refractivity contribution in [1.29, 1.82) is 0 Å². The van der Waals surface area contributed by atoms with Crippen LogP contribution < -0.4 is 0 Å². The van der Waals surface area contributed by atoms with Crippen molar-refractivity contribution in [1.82, 2.24) is 0 Å². The van der Waals surface area contributed by atoms with E-state index in [1.54, 1.807) is 26.0 Å². The monoisotopic (exact) mass is 205 g/mol. The number of azide groups is 1. The van der Waals surface area contributed by atoms with E-state index in [0.29, 0.717) is 17.9 Å². The standard InChI is InChI=1S/C10H11N3O2/c1-3-15-10(14)8-5-4-7(2)9(6-8)12-13-11/h4-6H,3H2,1-2H3. The molecule has 15 heavy (non-hydrogen) atoms. The molecule has 1 aromatic carbocycles. The second-order valence-corrected chi connectivity index (χ2v) is 2.91. The predicted octanol–water partition coefficient (Wildman–Crippen LogP) is 3.11. The fourth-order valence-corrected chi connectivity index (χ4v) is 1.11. The van der Waals surface area contributed by atoms with Gasteiger partial charge in [-0.05, 0) is 37.1 Å². The van der Waals surface area contributed by atoms with Crippen LogP contribution in [0.1, 0.15) is 22.8 Å². The third kappa shape index (κ3) is 2.72. The van der Waals surface area contributed by atoms with E-state index < -0.39 is 5.97 Å². The molecule has 1 aromatic rings. The average Bonchev–Trinajstić information content (AvgIpc) is 2.22. The summed E-state index contributed by atoms with van der Waals surface area (Å²) in [6, 6.07) is 4.88. The second-order valence-electron chi connectivity index (χ2n) is 2.91. The summed E-state index contributed by atoms with van der Waals surface area (Å²) in [6.07, 6.45) is 0. The first-order valence-electron chi connectivity index (χ1n) is 4.52. The molecule has 0 bridgehead atoms. The zero-order valence-corrected chi connectivity index (χ0v) is 8.60. The quantitative estimate of drug-likeness (QED) is 0.329. The highest BCUT2D eigenvalue weighted by molar-refractivity contribution is 5.90. The third-order valence-corrected chi connectivity index (χ3v) is 1.87. The van der Waals surface area contributed by atoms with Crippen LogP contribution in [0.25, 0.3) is 10.4 Å². The largest absolute Gasteiger partial charge is 0.462 e. The van der Waals surface area contributed by atoms with Crippen molar-refractivity contribution in [3.63, 3.8) is 0 Å². The number of hydrogen-bond donors (Lipinski definition) is 0. The molecule has 78 valence electrons. The van der Waals surface area contributed by atoms with Gasteiger partial charge in [0.05, 0.1) is 12.2 Å². The van der Waals surface area contributed by atoms with Gasteiger partial charge in [-0.2, -0.15) is 0 Å². The summed E-state index contributed by atoms with van der Waals surface area (Å²) in [7, 11) is 0. The topological polar surface area (TPSA) is 75.1 Å². The summed E-state index contributed by atoms with van der Waals surface area (Å²) in [5.74, 6) is -0.410. The van der Waals surface area contributed by atoms with Crippen LogP contribution in [-0.2, 0) is 4.74 Å². The van der Waals surface area contributed by atoms with E-state index >= 15 is 0 Å². The van der Waals surface area contributed by atoms with Gasteiger partial charge in [0, 0.05) is 10.6 Å². The maximum Gasteiger partial charge on any atom is 0.338 e. The van der Waals surface area contributed by atoms with E-state index in [4.69, 9.17) is 10.3 Å². The Labute approximate surface area is 87.3 Å². The Kier molecular flexibility index (Phi) is 3.71. The van der Waals surface area contributed by atoms with Gasteiger partial charge in [-0.15, -0.1) is 0 Å². The lowest BCUT2D eigenvalue weighted by Gasteiger charge is -2.04. The van der Waals surface area contributed by atoms with Crippen LogP contribution in [0.15, 0.2) is 23.3 Å². The smallest absolute Gasteiger partial charge is 0.338 e. The van der Waals surface area contributed by atoms with E-state index in [1.165, 1.54) is 6.07 Å². The van der Waals surface area contributed by atoms with Crippen LogP contribution in [0, 0.1) is 6.92 Å². The molecule has 0 aliphatic carbocycles. The normalized spacial score (nSPS) is 9.20. The van der Waals surface area contributed by atoms with Crippen LogP contribution in [-0.4, -0.2) is 12.6 Å². The Hall–Kier alpha value is -2.00. The lowest BCUT2D eigenvalue weighted by Crippen LogP contribution is -2.04. The molecule has 0 aromatic heterocycles. The molecule has 5 nitrogen and oxygen atoms in total. The molecule has 0 amide bonds. The summed E-state index contributed by atoms with van der Waals surface area (Å²) < 4.78 is 4.83. The average molecular weight is 205 g/mol. The SMILES string of the molecule is CCOC(=O)c1ccc(C)c(N=[N+]=[N-])c1. The summed E-state index contributed by atoms with van der Waals surface area (Å²) in [5, 5.41) is 3.48. The Morgan fingerprint density at radius 1 is 1.60 bits per heavy atom. The summed E-state index contributed by atoms with van der Waals surface area (Å²) in [6.45, 7) is 3.86. The van der Waals surface area contributed by atoms with Gasteiger partial charge >= 0.3 is 5.97 Å². The first-order valence-corrected chi connectivity index (χ1v) is 4.52.